The largest absolute Gasteiger partial charge is 0.464 e. The van der Waals surface area contributed by atoms with Crippen LogP contribution in [0.15, 0.2) is 6.20 Å². The van der Waals surface area contributed by atoms with Crippen LogP contribution < -0.4 is 5.73 Å². The minimum atomic E-state index is -0.576. The lowest BCUT2D eigenvalue weighted by molar-refractivity contribution is 0.0592. The first-order valence-electron chi connectivity index (χ1n) is 5.01. The molecule has 0 aliphatic heterocycles. The summed E-state index contributed by atoms with van der Waals surface area (Å²) in [4.78, 5) is 11.2. The number of hydrogen-bond donors (Lipinski definition) is 1. The average Bonchev–Trinajstić information content (AvgIpc) is 2.69. The highest BCUT2D eigenvalue weighted by molar-refractivity contribution is 5.92. The van der Waals surface area contributed by atoms with E-state index < -0.39 is 12.1 Å². The monoisotopic (exact) mass is 238 g/mol. The third-order valence-electron chi connectivity index (χ3n) is 2.04. The second kappa shape index (κ2) is 5.86. The molecule has 2 N–H and O–H groups in total. The summed E-state index contributed by atoms with van der Waals surface area (Å²) in [5, 5.41) is 12.5. The van der Waals surface area contributed by atoms with Crippen LogP contribution >= 0.6 is 0 Å². The van der Waals surface area contributed by atoms with Crippen LogP contribution in [0.5, 0.6) is 0 Å². The molecule has 17 heavy (non-hydrogen) atoms. The highest BCUT2D eigenvalue weighted by Crippen LogP contribution is 2.10. The molecular weight excluding hydrogens is 224 g/mol. The fraction of sp³-hybridized carbons (Fsp3) is 0.500. The van der Waals surface area contributed by atoms with Crippen molar-refractivity contribution in [1.82, 2.24) is 9.78 Å². The van der Waals surface area contributed by atoms with Crippen LogP contribution in [0, 0.1) is 11.3 Å². The van der Waals surface area contributed by atoms with E-state index in [1.807, 2.05) is 6.07 Å². The van der Waals surface area contributed by atoms with Crippen LogP contribution in [0.25, 0.3) is 0 Å². The number of hydrogen-bond acceptors (Lipinski definition) is 6. The van der Waals surface area contributed by atoms with Gasteiger partial charge in [-0.15, -0.1) is 0 Å². The summed E-state index contributed by atoms with van der Waals surface area (Å²) >= 11 is 0. The Balaban J connectivity index is 2.56. The van der Waals surface area contributed by atoms with Crippen molar-refractivity contribution in [1.29, 1.82) is 5.26 Å². The van der Waals surface area contributed by atoms with Crippen molar-refractivity contribution >= 4 is 11.7 Å². The summed E-state index contributed by atoms with van der Waals surface area (Å²) in [5.74, 6) is -0.576. The van der Waals surface area contributed by atoms with Crippen molar-refractivity contribution in [2.75, 3.05) is 19.5 Å². The smallest absolute Gasteiger partial charge is 0.360 e. The second-order valence-electron chi connectivity index (χ2n) is 3.33. The Bertz CT molecular complexity index is 435. The van der Waals surface area contributed by atoms with Crippen molar-refractivity contribution in [2.24, 2.45) is 0 Å². The van der Waals surface area contributed by atoms with Gasteiger partial charge in [-0.2, -0.15) is 10.4 Å². The molecule has 0 saturated carbocycles. The lowest BCUT2D eigenvalue weighted by Crippen LogP contribution is -2.12. The number of ether oxygens (including phenoxy) is 2. The first-order valence-corrected chi connectivity index (χ1v) is 5.01. The lowest BCUT2D eigenvalue weighted by atomic mass is 10.4. The zero-order valence-electron chi connectivity index (χ0n) is 9.71. The summed E-state index contributed by atoms with van der Waals surface area (Å²) in [7, 11) is 1.26. The number of nitrogens with two attached hydrogens (primary N) is 1. The Morgan fingerprint density at radius 1 is 1.76 bits per heavy atom. The predicted molar refractivity (Wildman–Crippen MR) is 59.0 cm³/mol. The molecule has 7 heteroatoms. The van der Waals surface area contributed by atoms with Crippen molar-refractivity contribution in [3.05, 3.63) is 11.9 Å². The molecule has 7 nitrogen and oxygen atoms in total. The topological polar surface area (TPSA) is 103 Å². The molecule has 1 atom stereocenters. The first kappa shape index (κ1) is 13.0. The molecule has 0 spiro atoms. The molecule has 0 bridgehead atoms. The van der Waals surface area contributed by atoms with Gasteiger partial charge in [0.25, 0.3) is 0 Å². The Morgan fingerprint density at radius 3 is 3.06 bits per heavy atom. The van der Waals surface area contributed by atoms with Crippen molar-refractivity contribution in [2.45, 2.75) is 19.6 Å². The molecule has 1 aromatic rings. The number of aromatic nitrogens is 2. The molecule has 0 fully saturated rings. The van der Waals surface area contributed by atoms with E-state index in [2.05, 4.69) is 9.84 Å². The van der Waals surface area contributed by atoms with Gasteiger partial charge in [-0.05, 0) is 6.92 Å². The van der Waals surface area contributed by atoms with Crippen LogP contribution in [-0.4, -0.2) is 35.6 Å². The van der Waals surface area contributed by atoms with Gasteiger partial charge in [0.05, 0.1) is 32.0 Å². The highest BCUT2D eigenvalue weighted by atomic mass is 16.5. The number of nitrogens with zero attached hydrogens (tertiary/aromatic N) is 3. The maximum absolute atomic E-state index is 11.2. The molecule has 1 rings (SSSR count). The number of anilines is 1. The second-order valence-corrected chi connectivity index (χ2v) is 3.33. The number of carbonyl (C=O) groups is 1. The molecule has 0 aliphatic rings. The fourth-order valence-electron chi connectivity index (χ4n) is 1.17. The Hall–Kier alpha value is -2.07. The molecule has 0 saturated heterocycles. The first-order chi connectivity index (χ1) is 8.08. The van der Waals surface area contributed by atoms with Gasteiger partial charge >= 0.3 is 5.97 Å². The molecule has 0 radical (unpaired) electrons. The Kier molecular flexibility index (Phi) is 4.48. The summed E-state index contributed by atoms with van der Waals surface area (Å²) in [6, 6.07) is 1.94. The highest BCUT2D eigenvalue weighted by Gasteiger charge is 2.14. The van der Waals surface area contributed by atoms with Crippen LogP contribution in [0.2, 0.25) is 0 Å². The zero-order valence-corrected chi connectivity index (χ0v) is 9.71. The minimum absolute atomic E-state index is 0.0841. The van der Waals surface area contributed by atoms with Crippen molar-refractivity contribution in [3.63, 3.8) is 0 Å². The zero-order chi connectivity index (χ0) is 12.8. The van der Waals surface area contributed by atoms with E-state index in [0.29, 0.717) is 13.2 Å². The van der Waals surface area contributed by atoms with Crippen molar-refractivity contribution in [3.8, 4) is 6.07 Å². The van der Waals surface area contributed by atoms with Gasteiger partial charge in [0.1, 0.15) is 6.10 Å². The summed E-state index contributed by atoms with van der Waals surface area (Å²) in [6.07, 6.45) is 1.05. The Morgan fingerprint density at radius 2 is 2.47 bits per heavy atom. The number of nitriles is 1. The maximum Gasteiger partial charge on any atom is 0.360 e. The molecule has 1 unspecified atom stereocenters. The van der Waals surface area contributed by atoms with Gasteiger partial charge in [0.15, 0.2) is 5.69 Å². The molecule has 0 aliphatic carbocycles. The number of rotatable bonds is 5. The van der Waals surface area contributed by atoms with Gasteiger partial charge in [-0.1, -0.05) is 0 Å². The molecule has 92 valence electrons. The molecule has 0 aromatic carbocycles. The van der Waals surface area contributed by atoms with Gasteiger partial charge < -0.3 is 15.2 Å². The number of carbonyl (C=O) groups excluding carboxylic acids is 1. The average molecular weight is 238 g/mol. The third-order valence-corrected chi connectivity index (χ3v) is 2.04. The summed E-state index contributed by atoms with van der Waals surface area (Å²) in [5.41, 5.74) is 5.94. The number of esters is 1. The lowest BCUT2D eigenvalue weighted by Gasteiger charge is -2.04. The van der Waals surface area contributed by atoms with Gasteiger partial charge in [0.2, 0.25) is 0 Å². The van der Waals surface area contributed by atoms with E-state index in [1.54, 1.807) is 6.92 Å². The SMILES string of the molecule is COC(=O)c1nn(CCOC(C)C#N)cc1N. The number of methoxy groups -OCH3 is 1. The van der Waals surface area contributed by atoms with E-state index in [9.17, 15) is 4.79 Å². The van der Waals surface area contributed by atoms with Crippen LogP contribution in [0.4, 0.5) is 5.69 Å². The molecule has 1 aromatic heterocycles. The summed E-state index contributed by atoms with van der Waals surface area (Å²) in [6.45, 7) is 2.38. The van der Waals surface area contributed by atoms with E-state index in [1.165, 1.54) is 18.0 Å². The summed E-state index contributed by atoms with van der Waals surface area (Å²) < 4.78 is 11.2. The maximum atomic E-state index is 11.2. The normalized spacial score (nSPS) is 11.8. The Labute approximate surface area is 98.7 Å². The van der Waals surface area contributed by atoms with Gasteiger partial charge in [-0.25, -0.2) is 4.79 Å². The van der Waals surface area contributed by atoms with E-state index in [4.69, 9.17) is 15.7 Å². The fourth-order valence-corrected chi connectivity index (χ4v) is 1.17. The minimum Gasteiger partial charge on any atom is -0.464 e. The van der Waals surface area contributed by atoms with Crippen LogP contribution in [0.1, 0.15) is 17.4 Å². The van der Waals surface area contributed by atoms with E-state index >= 15 is 0 Å². The van der Waals surface area contributed by atoms with Crippen LogP contribution in [-0.2, 0) is 16.0 Å². The van der Waals surface area contributed by atoms with Gasteiger partial charge in [0, 0.05) is 6.20 Å². The van der Waals surface area contributed by atoms with Crippen LogP contribution in [0.3, 0.4) is 0 Å². The standard InChI is InChI=1S/C10H14N4O3/c1-7(5-11)17-4-3-14-6-8(12)9(13-14)10(15)16-2/h6-7H,3-4,12H2,1-2H3. The van der Waals surface area contributed by atoms with E-state index in [-0.39, 0.29) is 11.4 Å². The molecule has 1 heterocycles. The van der Waals surface area contributed by atoms with E-state index in [0.717, 1.165) is 0 Å². The quantitative estimate of drug-likeness (QED) is 0.734. The number of nitrogen functional groups attached to an aromatic ring is 1. The molecular formula is C10H14N4O3. The van der Waals surface area contributed by atoms with Gasteiger partial charge in [-0.3, -0.25) is 4.68 Å². The molecule has 0 amide bonds. The third kappa shape index (κ3) is 3.46. The predicted octanol–water partition coefficient (Wildman–Crippen LogP) is 0.181. The van der Waals surface area contributed by atoms with Crippen molar-refractivity contribution < 1.29 is 14.3 Å².